The molecule has 0 saturated carbocycles. The average molecular weight is 329 g/mol. The first-order valence-corrected chi connectivity index (χ1v) is 7.15. The molecule has 1 atom stereocenters. The van der Waals surface area contributed by atoms with E-state index in [2.05, 4.69) is 15.5 Å². The summed E-state index contributed by atoms with van der Waals surface area (Å²) < 4.78 is 41.1. The summed E-state index contributed by atoms with van der Waals surface area (Å²) in [7, 11) is 0. The standard InChI is InChI=1S/C14H18F3N5O/c1-4-21-11(5-6-18-21)10(3)19-13(23)8-22-12(14(15,16)17)7-9(2)20-22/h5-7,10H,4,8H2,1-3H3,(H,19,23). The van der Waals surface area contributed by atoms with Gasteiger partial charge in [0.15, 0.2) is 0 Å². The van der Waals surface area contributed by atoms with Crippen LogP contribution < -0.4 is 5.32 Å². The molecule has 2 heterocycles. The number of alkyl halides is 3. The Bertz CT molecular complexity index is 689. The Kier molecular flexibility index (Phi) is 4.76. The molecule has 1 N–H and O–H groups in total. The SMILES string of the molecule is CCn1nccc1C(C)NC(=O)Cn1nc(C)cc1C(F)(F)F. The number of carbonyl (C=O) groups excluding carboxylic acids is 1. The highest BCUT2D eigenvalue weighted by Gasteiger charge is 2.35. The first-order chi connectivity index (χ1) is 10.7. The number of amides is 1. The second-order valence-electron chi connectivity index (χ2n) is 5.19. The van der Waals surface area contributed by atoms with Crippen LogP contribution >= 0.6 is 0 Å². The van der Waals surface area contributed by atoms with E-state index < -0.39 is 24.3 Å². The summed E-state index contributed by atoms with van der Waals surface area (Å²) in [6.45, 7) is 5.26. The van der Waals surface area contributed by atoms with Gasteiger partial charge in [0, 0.05) is 12.7 Å². The van der Waals surface area contributed by atoms with Crippen LogP contribution in [0.4, 0.5) is 13.2 Å². The Morgan fingerprint density at radius 3 is 2.70 bits per heavy atom. The quantitative estimate of drug-likeness (QED) is 0.915. The lowest BCUT2D eigenvalue weighted by Gasteiger charge is -2.16. The highest BCUT2D eigenvalue weighted by Crippen LogP contribution is 2.29. The first kappa shape index (κ1) is 17.0. The van der Waals surface area contributed by atoms with Gasteiger partial charge >= 0.3 is 6.18 Å². The van der Waals surface area contributed by atoms with Crippen LogP contribution in [0.25, 0.3) is 0 Å². The minimum Gasteiger partial charge on any atom is -0.346 e. The van der Waals surface area contributed by atoms with Crippen molar-refractivity contribution in [2.45, 2.75) is 46.1 Å². The van der Waals surface area contributed by atoms with Crippen molar-refractivity contribution in [3.05, 3.63) is 35.4 Å². The summed E-state index contributed by atoms with van der Waals surface area (Å²) in [6, 6.07) is 2.31. The number of hydrogen-bond donors (Lipinski definition) is 1. The largest absolute Gasteiger partial charge is 0.433 e. The monoisotopic (exact) mass is 329 g/mol. The van der Waals surface area contributed by atoms with Gasteiger partial charge in [-0.3, -0.25) is 14.2 Å². The van der Waals surface area contributed by atoms with Crippen molar-refractivity contribution in [1.29, 1.82) is 0 Å². The van der Waals surface area contributed by atoms with Crippen LogP contribution in [0.2, 0.25) is 0 Å². The maximum Gasteiger partial charge on any atom is 0.433 e. The van der Waals surface area contributed by atoms with Gasteiger partial charge in [-0.25, -0.2) is 0 Å². The smallest absolute Gasteiger partial charge is 0.346 e. The van der Waals surface area contributed by atoms with E-state index in [1.165, 1.54) is 6.92 Å². The van der Waals surface area contributed by atoms with E-state index in [0.717, 1.165) is 11.8 Å². The van der Waals surface area contributed by atoms with Crippen LogP contribution in [0.15, 0.2) is 18.3 Å². The summed E-state index contributed by atoms with van der Waals surface area (Å²) in [5, 5.41) is 10.5. The highest BCUT2D eigenvalue weighted by molar-refractivity contribution is 5.76. The Morgan fingerprint density at radius 1 is 1.39 bits per heavy atom. The third-order valence-electron chi connectivity index (χ3n) is 3.36. The van der Waals surface area contributed by atoms with Gasteiger partial charge in [-0.15, -0.1) is 0 Å². The molecule has 0 saturated heterocycles. The van der Waals surface area contributed by atoms with Crippen LogP contribution in [-0.4, -0.2) is 25.5 Å². The van der Waals surface area contributed by atoms with Crippen molar-refractivity contribution in [1.82, 2.24) is 24.9 Å². The van der Waals surface area contributed by atoms with Crippen LogP contribution in [0.3, 0.4) is 0 Å². The van der Waals surface area contributed by atoms with Gasteiger partial charge in [0.1, 0.15) is 12.2 Å². The zero-order chi connectivity index (χ0) is 17.2. The summed E-state index contributed by atoms with van der Waals surface area (Å²) in [4.78, 5) is 12.0. The zero-order valence-corrected chi connectivity index (χ0v) is 13.1. The molecule has 0 bridgehead atoms. The van der Waals surface area contributed by atoms with E-state index in [4.69, 9.17) is 0 Å². The third-order valence-corrected chi connectivity index (χ3v) is 3.36. The van der Waals surface area contributed by atoms with Gasteiger partial charge < -0.3 is 5.32 Å². The predicted octanol–water partition coefficient (Wildman–Crippen LogP) is 2.30. The maximum atomic E-state index is 12.9. The number of aryl methyl sites for hydroxylation is 2. The number of nitrogens with zero attached hydrogens (tertiary/aromatic N) is 4. The number of rotatable bonds is 5. The fraction of sp³-hybridized carbons (Fsp3) is 0.500. The molecule has 2 rings (SSSR count). The van der Waals surface area contributed by atoms with Gasteiger partial charge in [0.2, 0.25) is 5.91 Å². The summed E-state index contributed by atoms with van der Waals surface area (Å²) in [5.41, 5.74) is 0.0622. The molecule has 0 aliphatic heterocycles. The first-order valence-electron chi connectivity index (χ1n) is 7.15. The average Bonchev–Trinajstić information content (AvgIpc) is 3.04. The van der Waals surface area contributed by atoms with Crippen LogP contribution in [-0.2, 0) is 24.1 Å². The molecule has 0 spiro atoms. The summed E-state index contributed by atoms with van der Waals surface area (Å²) in [5.74, 6) is -0.546. The van der Waals surface area contributed by atoms with E-state index in [9.17, 15) is 18.0 Å². The molecule has 0 aromatic carbocycles. The molecule has 0 aliphatic carbocycles. The normalized spacial score (nSPS) is 13.1. The Morgan fingerprint density at radius 2 is 2.09 bits per heavy atom. The molecule has 9 heteroatoms. The lowest BCUT2D eigenvalue weighted by atomic mass is 10.2. The Labute approximate surface area is 131 Å². The van der Waals surface area contributed by atoms with Gasteiger partial charge in [-0.2, -0.15) is 23.4 Å². The lowest BCUT2D eigenvalue weighted by Crippen LogP contribution is -2.32. The number of hydrogen-bond acceptors (Lipinski definition) is 3. The number of nitrogens with one attached hydrogen (secondary N) is 1. The van der Waals surface area contributed by atoms with E-state index in [-0.39, 0.29) is 11.7 Å². The molecular weight excluding hydrogens is 311 g/mol. The summed E-state index contributed by atoms with van der Waals surface area (Å²) >= 11 is 0. The van der Waals surface area contributed by atoms with Crippen LogP contribution in [0.5, 0.6) is 0 Å². The van der Waals surface area contributed by atoms with Gasteiger partial charge in [0.05, 0.1) is 17.4 Å². The van der Waals surface area contributed by atoms with Crippen molar-refractivity contribution in [3.63, 3.8) is 0 Å². The number of aromatic nitrogens is 4. The Balaban J connectivity index is 2.09. The van der Waals surface area contributed by atoms with E-state index in [1.807, 2.05) is 6.92 Å². The number of carbonyl (C=O) groups is 1. The maximum absolute atomic E-state index is 12.9. The van der Waals surface area contributed by atoms with Gasteiger partial charge in [-0.1, -0.05) is 0 Å². The fourth-order valence-electron chi connectivity index (χ4n) is 2.37. The second-order valence-corrected chi connectivity index (χ2v) is 5.19. The van der Waals surface area contributed by atoms with E-state index in [1.54, 1.807) is 23.9 Å². The van der Waals surface area contributed by atoms with Crippen LogP contribution in [0, 0.1) is 6.92 Å². The van der Waals surface area contributed by atoms with Crippen molar-refractivity contribution in [3.8, 4) is 0 Å². The molecule has 23 heavy (non-hydrogen) atoms. The van der Waals surface area contributed by atoms with Crippen molar-refractivity contribution < 1.29 is 18.0 Å². The van der Waals surface area contributed by atoms with Crippen molar-refractivity contribution in [2.24, 2.45) is 0 Å². The summed E-state index contributed by atoms with van der Waals surface area (Å²) in [6.07, 6.45) is -2.94. The van der Waals surface area contributed by atoms with Crippen molar-refractivity contribution >= 4 is 5.91 Å². The minimum absolute atomic E-state index is 0.210. The highest BCUT2D eigenvalue weighted by atomic mass is 19.4. The molecule has 0 aliphatic rings. The van der Waals surface area contributed by atoms with E-state index >= 15 is 0 Å². The topological polar surface area (TPSA) is 64.7 Å². The molecule has 1 unspecified atom stereocenters. The van der Waals surface area contributed by atoms with Crippen molar-refractivity contribution in [2.75, 3.05) is 0 Å². The Hall–Kier alpha value is -2.32. The second kappa shape index (κ2) is 6.43. The number of halogens is 3. The zero-order valence-electron chi connectivity index (χ0n) is 13.1. The molecular formula is C14H18F3N5O. The molecule has 0 fully saturated rings. The molecule has 1 amide bonds. The third kappa shape index (κ3) is 3.91. The molecule has 6 nitrogen and oxygen atoms in total. The molecule has 2 aromatic heterocycles. The van der Waals surface area contributed by atoms with Gasteiger partial charge in [0.25, 0.3) is 0 Å². The van der Waals surface area contributed by atoms with E-state index in [0.29, 0.717) is 11.2 Å². The van der Waals surface area contributed by atoms with Gasteiger partial charge in [-0.05, 0) is 32.9 Å². The lowest BCUT2D eigenvalue weighted by molar-refractivity contribution is -0.144. The molecule has 0 radical (unpaired) electrons. The fourth-order valence-corrected chi connectivity index (χ4v) is 2.37. The van der Waals surface area contributed by atoms with Crippen LogP contribution in [0.1, 0.15) is 37.0 Å². The molecule has 2 aromatic rings. The minimum atomic E-state index is -4.55. The molecule has 126 valence electrons. The predicted molar refractivity (Wildman–Crippen MR) is 76.4 cm³/mol.